The van der Waals surface area contributed by atoms with Crippen molar-refractivity contribution in [3.05, 3.63) is 53.4 Å². The molecular weight excluding hydrogens is 500 g/mol. The first-order valence-corrected chi connectivity index (χ1v) is 9.74. The summed E-state index contributed by atoms with van der Waals surface area (Å²) >= 11 is 0. The molecule has 3 heterocycles. The van der Waals surface area contributed by atoms with E-state index in [1.807, 2.05) is 0 Å². The summed E-state index contributed by atoms with van der Waals surface area (Å²) in [6.45, 7) is 8.19. The highest BCUT2D eigenvalue weighted by molar-refractivity contribution is 7.59. The van der Waals surface area contributed by atoms with E-state index >= 15 is 0 Å². The summed E-state index contributed by atoms with van der Waals surface area (Å²) < 4.78 is 78.5. The molecule has 4 rings (SSSR count). The lowest BCUT2D eigenvalue weighted by Crippen LogP contribution is -2.34. The Morgan fingerprint density at radius 1 is 1.09 bits per heavy atom. The van der Waals surface area contributed by atoms with Gasteiger partial charge >= 0.3 is 12.4 Å². The number of aromatic nitrogens is 6. The molecule has 0 amide bonds. The lowest BCUT2D eigenvalue weighted by atomic mass is 10.1. The van der Waals surface area contributed by atoms with Gasteiger partial charge in [-0.15, -0.1) is 0 Å². The van der Waals surface area contributed by atoms with Crippen LogP contribution in [0.25, 0.3) is 10.8 Å². The molecule has 0 unspecified atom stereocenters. The van der Waals surface area contributed by atoms with E-state index in [1.54, 1.807) is 6.07 Å². The monoisotopic (exact) mass is 517 g/mol. The first-order chi connectivity index (χ1) is 15.9. The van der Waals surface area contributed by atoms with Crippen LogP contribution >= 0.6 is 13.5 Å². The summed E-state index contributed by atoms with van der Waals surface area (Å²) in [6, 6.07) is 1.72. The van der Waals surface area contributed by atoms with Crippen LogP contribution in [-0.2, 0) is 11.7 Å². The van der Waals surface area contributed by atoms with Crippen molar-refractivity contribution in [1.82, 2.24) is 29.7 Å². The number of alkyl halides is 6. The lowest BCUT2D eigenvalue weighted by Gasteiger charge is -2.18. The van der Waals surface area contributed by atoms with Gasteiger partial charge in [0.05, 0.1) is 0 Å². The van der Waals surface area contributed by atoms with Crippen LogP contribution in [0.15, 0.2) is 30.6 Å². The molecule has 16 heteroatoms. The number of hydrogen-bond donors (Lipinski definition) is 2. The maximum atomic E-state index is 13.0. The SMILES string of the molecule is S.[C-]#[N+]C1(c2cc(Nc3nc(N[C@@H](C)C(F)(F)F)nc(-n4ccc(C(F)(F)F)n4)n3)ccn2)CC1. The molecule has 186 valence electrons. The molecule has 2 N–H and O–H groups in total. The lowest BCUT2D eigenvalue weighted by molar-refractivity contribution is -0.141. The molecule has 1 atom stereocenters. The van der Waals surface area contributed by atoms with E-state index in [-0.39, 0.29) is 19.4 Å². The van der Waals surface area contributed by atoms with Crippen molar-refractivity contribution in [2.75, 3.05) is 10.6 Å². The molecule has 3 aromatic heterocycles. The fourth-order valence-corrected chi connectivity index (χ4v) is 2.89. The van der Waals surface area contributed by atoms with Gasteiger partial charge in [0.15, 0.2) is 5.69 Å². The predicted molar refractivity (Wildman–Crippen MR) is 117 cm³/mol. The van der Waals surface area contributed by atoms with Gasteiger partial charge in [-0.25, -0.2) is 11.3 Å². The van der Waals surface area contributed by atoms with Crippen LogP contribution in [0.1, 0.15) is 31.2 Å². The van der Waals surface area contributed by atoms with E-state index in [2.05, 4.69) is 40.5 Å². The number of nitrogens with zero attached hydrogens (tertiary/aromatic N) is 7. The molecular formula is C19H17F6N9S. The molecule has 1 aliphatic rings. The number of hydrogen-bond acceptors (Lipinski definition) is 7. The van der Waals surface area contributed by atoms with E-state index in [0.717, 1.165) is 13.1 Å². The Balaban J connectivity index is 0.00000342. The van der Waals surface area contributed by atoms with Gasteiger partial charge in [0.25, 0.3) is 11.5 Å². The smallest absolute Gasteiger partial charge is 0.343 e. The average molecular weight is 517 g/mol. The molecule has 1 saturated carbocycles. The van der Waals surface area contributed by atoms with Gasteiger partial charge in [0, 0.05) is 30.9 Å². The van der Waals surface area contributed by atoms with Crippen molar-refractivity contribution in [2.24, 2.45) is 0 Å². The fourth-order valence-electron chi connectivity index (χ4n) is 2.89. The van der Waals surface area contributed by atoms with Gasteiger partial charge in [-0.1, -0.05) is 0 Å². The van der Waals surface area contributed by atoms with E-state index in [4.69, 9.17) is 6.57 Å². The van der Waals surface area contributed by atoms with Crippen LogP contribution in [-0.4, -0.2) is 41.9 Å². The van der Waals surface area contributed by atoms with E-state index in [1.165, 1.54) is 12.3 Å². The standard InChI is InChI=1S/C19H15F6N9.H2S/c1-10(18(20,21)22)28-14-30-15(29-11-3-7-27-13(9-11)17(26-2)5-6-17)32-16(31-14)34-8-4-12(33-34)19(23,24)25;/h3-4,7-10H,5-6H2,1H3,(H2,27,28,29,30,31,32);1H2/t10-;/m0./s1. The fraction of sp³-hybridized carbons (Fsp3) is 0.368. The van der Waals surface area contributed by atoms with E-state index < -0.39 is 41.5 Å². The highest BCUT2D eigenvalue weighted by atomic mass is 32.1. The molecule has 1 fully saturated rings. The minimum Gasteiger partial charge on any atom is -0.343 e. The van der Waals surface area contributed by atoms with Gasteiger partial charge in [-0.05, 0) is 25.1 Å². The maximum Gasteiger partial charge on any atom is 0.435 e. The van der Waals surface area contributed by atoms with Crippen molar-refractivity contribution >= 4 is 31.1 Å². The maximum absolute atomic E-state index is 13.0. The highest BCUT2D eigenvalue weighted by Crippen LogP contribution is 2.49. The van der Waals surface area contributed by atoms with Crippen LogP contribution in [0.5, 0.6) is 0 Å². The number of anilines is 3. The molecule has 9 nitrogen and oxygen atoms in total. The molecule has 0 radical (unpaired) electrons. The molecule has 0 aromatic carbocycles. The van der Waals surface area contributed by atoms with E-state index in [0.29, 0.717) is 35.0 Å². The van der Waals surface area contributed by atoms with Gasteiger partial charge in [0.1, 0.15) is 11.7 Å². The first kappa shape index (κ1) is 26.0. The predicted octanol–water partition coefficient (Wildman–Crippen LogP) is 4.60. The summed E-state index contributed by atoms with van der Waals surface area (Å²) in [5.41, 5.74) is -1.05. The number of rotatable bonds is 6. The summed E-state index contributed by atoms with van der Waals surface area (Å²) in [5, 5.41) is 8.20. The second-order valence-electron chi connectivity index (χ2n) is 7.53. The van der Waals surface area contributed by atoms with Gasteiger partial charge in [0.2, 0.25) is 11.9 Å². The molecule has 35 heavy (non-hydrogen) atoms. The summed E-state index contributed by atoms with van der Waals surface area (Å²) in [6.07, 6.45) is -5.70. The number of nitrogens with one attached hydrogen (secondary N) is 2. The average Bonchev–Trinajstić information content (AvgIpc) is 3.39. The Kier molecular flexibility index (Phi) is 6.84. The largest absolute Gasteiger partial charge is 0.435 e. The van der Waals surface area contributed by atoms with Crippen molar-refractivity contribution in [3.8, 4) is 5.95 Å². The molecule has 3 aromatic rings. The summed E-state index contributed by atoms with van der Waals surface area (Å²) in [5.74, 6) is -1.23. The molecule has 0 aliphatic heterocycles. The zero-order valence-corrected chi connectivity index (χ0v) is 18.8. The quantitative estimate of drug-likeness (QED) is 0.364. The van der Waals surface area contributed by atoms with Crippen LogP contribution < -0.4 is 10.6 Å². The summed E-state index contributed by atoms with van der Waals surface area (Å²) in [4.78, 5) is 19.5. The normalized spacial score (nSPS) is 15.5. The van der Waals surface area contributed by atoms with Crippen LogP contribution in [0, 0.1) is 6.57 Å². The van der Waals surface area contributed by atoms with E-state index in [9.17, 15) is 26.3 Å². The second-order valence-corrected chi connectivity index (χ2v) is 7.53. The first-order valence-electron chi connectivity index (χ1n) is 9.74. The molecule has 0 spiro atoms. The Morgan fingerprint density at radius 3 is 2.34 bits per heavy atom. The third-order valence-corrected chi connectivity index (χ3v) is 4.98. The zero-order chi connectivity index (χ0) is 24.7. The topological polar surface area (TPSA) is 97.8 Å². The Labute approximate surface area is 201 Å². The Bertz CT molecular complexity index is 1250. The highest BCUT2D eigenvalue weighted by Gasteiger charge is 2.54. The van der Waals surface area contributed by atoms with Gasteiger partial charge in [-0.2, -0.15) is 59.9 Å². The number of halogens is 6. The third kappa shape index (κ3) is 5.73. The molecule has 1 aliphatic carbocycles. The number of pyridine rings is 1. The minimum atomic E-state index is -4.74. The molecule has 0 saturated heterocycles. The minimum absolute atomic E-state index is 0. The van der Waals surface area contributed by atoms with Crippen molar-refractivity contribution in [2.45, 2.75) is 43.7 Å². The summed E-state index contributed by atoms with van der Waals surface area (Å²) in [7, 11) is 0. The third-order valence-electron chi connectivity index (χ3n) is 4.98. The Morgan fingerprint density at radius 2 is 1.77 bits per heavy atom. The van der Waals surface area contributed by atoms with Gasteiger partial charge < -0.3 is 15.5 Å². The zero-order valence-electron chi connectivity index (χ0n) is 17.8. The van der Waals surface area contributed by atoms with Gasteiger partial charge in [-0.3, -0.25) is 4.98 Å². The van der Waals surface area contributed by atoms with Crippen molar-refractivity contribution in [1.29, 1.82) is 0 Å². The van der Waals surface area contributed by atoms with Crippen LogP contribution in [0.4, 0.5) is 43.9 Å². The van der Waals surface area contributed by atoms with Crippen LogP contribution in [0.3, 0.4) is 0 Å². The second kappa shape index (κ2) is 9.21. The van der Waals surface area contributed by atoms with Crippen molar-refractivity contribution < 1.29 is 26.3 Å². The molecule has 0 bridgehead atoms. The Hall–Kier alpha value is -3.61. The van der Waals surface area contributed by atoms with Crippen molar-refractivity contribution in [3.63, 3.8) is 0 Å². The van der Waals surface area contributed by atoms with Crippen LogP contribution in [0.2, 0.25) is 0 Å².